The number of nitrogens with two attached hydrogens (primary N) is 1. The van der Waals surface area contributed by atoms with Gasteiger partial charge in [-0.15, -0.1) is 0 Å². The van der Waals surface area contributed by atoms with E-state index in [2.05, 4.69) is 58.8 Å². The van der Waals surface area contributed by atoms with E-state index in [1.807, 2.05) is 6.07 Å². The standard InChI is InChI=1S/C15H16IN3/c1-2-11-12(16)13(17)19-14(18-11)15(8-9-15)10-6-4-3-5-7-10/h3-7H,2,8-9H2,1H3,(H2,17,18,19). The van der Waals surface area contributed by atoms with Crippen LogP contribution in [0.25, 0.3) is 0 Å². The average molecular weight is 365 g/mol. The molecular weight excluding hydrogens is 349 g/mol. The lowest BCUT2D eigenvalue weighted by Gasteiger charge is -2.16. The van der Waals surface area contributed by atoms with Gasteiger partial charge < -0.3 is 5.73 Å². The van der Waals surface area contributed by atoms with Crippen LogP contribution in [0.3, 0.4) is 0 Å². The van der Waals surface area contributed by atoms with Crippen LogP contribution >= 0.6 is 22.6 Å². The minimum absolute atomic E-state index is 0.00361. The maximum Gasteiger partial charge on any atom is 0.141 e. The highest BCUT2D eigenvalue weighted by Crippen LogP contribution is 2.52. The molecular formula is C15H16IN3. The van der Waals surface area contributed by atoms with Gasteiger partial charge in [0.2, 0.25) is 0 Å². The van der Waals surface area contributed by atoms with Gasteiger partial charge in [-0.1, -0.05) is 37.3 Å². The second-order valence-corrected chi connectivity index (χ2v) is 6.07. The Morgan fingerprint density at radius 3 is 2.47 bits per heavy atom. The number of benzene rings is 1. The Hall–Kier alpha value is -1.17. The summed E-state index contributed by atoms with van der Waals surface area (Å²) in [6, 6.07) is 10.5. The van der Waals surface area contributed by atoms with Gasteiger partial charge >= 0.3 is 0 Å². The second kappa shape index (κ2) is 4.74. The summed E-state index contributed by atoms with van der Waals surface area (Å²) >= 11 is 2.23. The van der Waals surface area contributed by atoms with Crippen molar-refractivity contribution in [3.8, 4) is 0 Å². The predicted octanol–water partition coefficient (Wildman–Crippen LogP) is 3.31. The van der Waals surface area contributed by atoms with Gasteiger partial charge in [-0.3, -0.25) is 0 Å². The molecule has 0 unspecified atom stereocenters. The van der Waals surface area contributed by atoms with E-state index in [9.17, 15) is 0 Å². The lowest BCUT2D eigenvalue weighted by molar-refractivity contribution is 0.740. The number of rotatable bonds is 3. The van der Waals surface area contributed by atoms with Crippen molar-refractivity contribution in [3.63, 3.8) is 0 Å². The van der Waals surface area contributed by atoms with E-state index >= 15 is 0 Å². The number of hydrogen-bond acceptors (Lipinski definition) is 3. The van der Waals surface area contributed by atoms with E-state index in [0.29, 0.717) is 5.82 Å². The van der Waals surface area contributed by atoms with Crippen molar-refractivity contribution in [2.75, 3.05) is 5.73 Å². The van der Waals surface area contributed by atoms with Gasteiger partial charge in [0.1, 0.15) is 11.6 Å². The third-order valence-corrected chi connectivity index (χ3v) is 4.96. The molecule has 0 aliphatic heterocycles. The molecule has 19 heavy (non-hydrogen) atoms. The number of aromatic nitrogens is 2. The number of anilines is 1. The van der Waals surface area contributed by atoms with Crippen molar-refractivity contribution < 1.29 is 0 Å². The molecule has 1 saturated carbocycles. The lowest BCUT2D eigenvalue weighted by atomic mass is 9.95. The van der Waals surface area contributed by atoms with Crippen molar-refractivity contribution in [2.24, 2.45) is 0 Å². The molecule has 0 saturated heterocycles. The molecule has 1 aliphatic rings. The van der Waals surface area contributed by atoms with Gasteiger partial charge in [-0.05, 0) is 47.4 Å². The van der Waals surface area contributed by atoms with E-state index in [-0.39, 0.29) is 5.41 Å². The summed E-state index contributed by atoms with van der Waals surface area (Å²) in [5.74, 6) is 1.51. The Morgan fingerprint density at radius 2 is 1.89 bits per heavy atom. The zero-order valence-electron chi connectivity index (χ0n) is 10.9. The molecule has 0 spiro atoms. The zero-order valence-corrected chi connectivity index (χ0v) is 13.0. The van der Waals surface area contributed by atoms with Crippen LogP contribution in [0, 0.1) is 3.57 Å². The Balaban J connectivity index is 2.10. The monoisotopic (exact) mass is 365 g/mol. The smallest absolute Gasteiger partial charge is 0.141 e. The first-order chi connectivity index (χ1) is 9.17. The highest BCUT2D eigenvalue weighted by atomic mass is 127. The van der Waals surface area contributed by atoms with Crippen molar-refractivity contribution in [1.82, 2.24) is 9.97 Å². The first kappa shape index (κ1) is 12.8. The largest absolute Gasteiger partial charge is 0.383 e. The van der Waals surface area contributed by atoms with Crippen molar-refractivity contribution in [1.29, 1.82) is 0 Å². The van der Waals surface area contributed by atoms with E-state index in [1.54, 1.807) is 0 Å². The topological polar surface area (TPSA) is 51.8 Å². The van der Waals surface area contributed by atoms with Gasteiger partial charge in [0.05, 0.1) is 14.7 Å². The molecule has 1 aromatic heterocycles. The number of nitrogens with zero attached hydrogens (tertiary/aromatic N) is 2. The normalized spacial score (nSPS) is 16.3. The fourth-order valence-electron chi connectivity index (χ4n) is 2.48. The molecule has 0 bridgehead atoms. The average Bonchev–Trinajstić information content (AvgIpc) is 3.24. The molecule has 1 aromatic carbocycles. The Bertz CT molecular complexity index is 606. The maximum atomic E-state index is 6.04. The molecule has 1 fully saturated rings. The molecule has 1 aliphatic carbocycles. The number of aryl methyl sites for hydroxylation is 1. The summed E-state index contributed by atoms with van der Waals surface area (Å²) in [6.07, 6.45) is 3.11. The molecule has 4 heteroatoms. The first-order valence-corrected chi connectivity index (χ1v) is 7.63. The van der Waals surface area contributed by atoms with Crippen LogP contribution in [0.2, 0.25) is 0 Å². The van der Waals surface area contributed by atoms with Crippen molar-refractivity contribution in [2.45, 2.75) is 31.6 Å². The SMILES string of the molecule is CCc1nc(C2(c3ccccc3)CC2)nc(N)c1I. The maximum absolute atomic E-state index is 6.04. The van der Waals surface area contributed by atoms with E-state index in [0.717, 1.165) is 34.4 Å². The highest BCUT2D eigenvalue weighted by Gasteiger charge is 2.48. The highest BCUT2D eigenvalue weighted by molar-refractivity contribution is 14.1. The van der Waals surface area contributed by atoms with Crippen LogP contribution in [-0.4, -0.2) is 9.97 Å². The summed E-state index contributed by atoms with van der Waals surface area (Å²) in [5, 5.41) is 0. The van der Waals surface area contributed by atoms with Gasteiger partial charge in [0.25, 0.3) is 0 Å². The summed E-state index contributed by atoms with van der Waals surface area (Å²) in [7, 11) is 0. The molecule has 0 amide bonds. The Morgan fingerprint density at radius 1 is 1.21 bits per heavy atom. The van der Waals surface area contributed by atoms with Gasteiger partial charge in [0, 0.05) is 0 Å². The van der Waals surface area contributed by atoms with Crippen LogP contribution in [0.1, 0.15) is 36.8 Å². The molecule has 2 N–H and O–H groups in total. The summed E-state index contributed by atoms with van der Waals surface area (Å²) in [5.41, 5.74) is 8.41. The second-order valence-electron chi connectivity index (χ2n) is 4.99. The molecule has 2 aromatic rings. The van der Waals surface area contributed by atoms with E-state index < -0.39 is 0 Å². The lowest BCUT2D eigenvalue weighted by Crippen LogP contribution is -2.17. The third kappa shape index (κ3) is 2.12. The van der Waals surface area contributed by atoms with Crippen LogP contribution in [0.15, 0.2) is 30.3 Å². The van der Waals surface area contributed by atoms with Crippen LogP contribution in [0.4, 0.5) is 5.82 Å². The number of halogens is 1. The molecule has 98 valence electrons. The Kier molecular flexibility index (Phi) is 3.20. The number of hydrogen-bond donors (Lipinski definition) is 1. The van der Waals surface area contributed by atoms with Crippen LogP contribution in [0.5, 0.6) is 0 Å². The third-order valence-electron chi connectivity index (χ3n) is 3.78. The van der Waals surface area contributed by atoms with Crippen LogP contribution < -0.4 is 5.73 Å². The molecule has 3 rings (SSSR count). The minimum atomic E-state index is 0.00361. The molecule has 0 atom stereocenters. The van der Waals surface area contributed by atoms with E-state index in [4.69, 9.17) is 10.7 Å². The Labute approximate surface area is 126 Å². The molecule has 3 nitrogen and oxygen atoms in total. The summed E-state index contributed by atoms with van der Waals surface area (Å²) < 4.78 is 0.993. The van der Waals surface area contributed by atoms with Crippen LogP contribution in [-0.2, 0) is 11.8 Å². The predicted molar refractivity (Wildman–Crippen MR) is 85.0 cm³/mol. The summed E-state index contributed by atoms with van der Waals surface area (Å²) in [4.78, 5) is 9.31. The zero-order chi connectivity index (χ0) is 13.5. The summed E-state index contributed by atoms with van der Waals surface area (Å²) in [6.45, 7) is 2.11. The van der Waals surface area contributed by atoms with E-state index in [1.165, 1.54) is 5.56 Å². The minimum Gasteiger partial charge on any atom is -0.383 e. The quantitative estimate of drug-likeness (QED) is 0.850. The first-order valence-electron chi connectivity index (χ1n) is 6.55. The fourth-order valence-corrected chi connectivity index (χ4v) is 3.11. The van der Waals surface area contributed by atoms with Crippen molar-refractivity contribution in [3.05, 3.63) is 51.0 Å². The van der Waals surface area contributed by atoms with Gasteiger partial charge in [-0.2, -0.15) is 0 Å². The molecule has 1 heterocycles. The van der Waals surface area contributed by atoms with Crippen molar-refractivity contribution >= 4 is 28.4 Å². The van der Waals surface area contributed by atoms with Gasteiger partial charge in [-0.25, -0.2) is 9.97 Å². The van der Waals surface area contributed by atoms with Gasteiger partial charge in [0.15, 0.2) is 0 Å². The number of nitrogen functional groups attached to an aromatic ring is 1. The molecule has 0 radical (unpaired) electrons. The fraction of sp³-hybridized carbons (Fsp3) is 0.333.